The summed E-state index contributed by atoms with van der Waals surface area (Å²) in [7, 11) is -2.88. The maximum atomic E-state index is 2.56. The van der Waals surface area contributed by atoms with Crippen LogP contribution in [0.4, 0.5) is 0 Å². The molecule has 80 heavy (non-hydrogen) atoms. The molecule has 0 fully saturated rings. The topological polar surface area (TPSA) is 4.93 Å². The Morgan fingerprint density at radius 1 is 0.200 bits per heavy atom. The summed E-state index contributed by atoms with van der Waals surface area (Å²) < 4.78 is 2.52. The lowest BCUT2D eigenvalue weighted by Gasteiger charge is -2.32. The minimum atomic E-state index is -2.88. The summed E-state index contributed by atoms with van der Waals surface area (Å²) in [5.41, 5.74) is 23.1. The fourth-order valence-corrected chi connectivity index (χ4v) is 18.0. The smallest absolute Gasteiger partial charge is 0.180 e. The van der Waals surface area contributed by atoms with E-state index in [1.165, 1.54) is 132 Å². The van der Waals surface area contributed by atoms with Gasteiger partial charge in [0.25, 0.3) is 0 Å². The van der Waals surface area contributed by atoms with E-state index in [1.54, 1.807) is 0 Å². The molecule has 2 heteroatoms. The number of aromatic nitrogens is 1. The molecule has 13 aromatic carbocycles. The van der Waals surface area contributed by atoms with Crippen molar-refractivity contribution in [1.82, 2.24) is 4.57 Å². The summed E-state index contributed by atoms with van der Waals surface area (Å²) >= 11 is 0. The largest absolute Gasteiger partial charge is 0.309 e. The minimum absolute atomic E-state index is 1.16. The van der Waals surface area contributed by atoms with Gasteiger partial charge in [-0.15, -0.1) is 0 Å². The zero-order chi connectivity index (χ0) is 53.0. The number of hydrogen-bond acceptors (Lipinski definition) is 0. The van der Waals surface area contributed by atoms with Gasteiger partial charge in [-0.2, -0.15) is 0 Å². The first-order valence-corrected chi connectivity index (χ1v) is 29.7. The van der Waals surface area contributed by atoms with Crippen molar-refractivity contribution in [2.24, 2.45) is 0 Å². The van der Waals surface area contributed by atoms with Crippen molar-refractivity contribution < 1.29 is 0 Å². The molecule has 0 aliphatic carbocycles. The molecule has 1 aliphatic rings. The molecule has 0 unspecified atom stereocenters. The lowest BCUT2D eigenvalue weighted by molar-refractivity contribution is 1.18. The normalized spacial score (nSPS) is 12.3. The third kappa shape index (κ3) is 8.08. The van der Waals surface area contributed by atoms with Crippen LogP contribution >= 0.6 is 0 Å². The highest BCUT2D eigenvalue weighted by atomic mass is 28.3. The highest BCUT2D eigenvalue weighted by molar-refractivity contribution is 7.22. The molecule has 0 amide bonds. The predicted molar refractivity (Wildman–Crippen MR) is 341 cm³/mol. The highest BCUT2D eigenvalue weighted by Crippen LogP contribution is 2.40. The lowest BCUT2D eigenvalue weighted by atomic mass is 9.96. The van der Waals surface area contributed by atoms with Crippen LogP contribution in [0.2, 0.25) is 0 Å². The molecule has 2 heterocycles. The Kier molecular flexibility index (Phi) is 11.6. The summed E-state index contributed by atoms with van der Waals surface area (Å²) in [6.07, 6.45) is 0. The third-order valence-electron chi connectivity index (χ3n) is 16.8. The Balaban J connectivity index is 0.872. The van der Waals surface area contributed by atoms with Gasteiger partial charge in [-0.3, -0.25) is 0 Å². The van der Waals surface area contributed by atoms with Crippen molar-refractivity contribution in [2.75, 3.05) is 0 Å². The fourth-order valence-electron chi connectivity index (χ4n) is 12.8. The van der Waals surface area contributed by atoms with E-state index in [2.05, 4.69) is 326 Å². The fraction of sp³-hybridized carbons (Fsp3) is 0. The van der Waals surface area contributed by atoms with Crippen LogP contribution in [0.15, 0.2) is 322 Å². The van der Waals surface area contributed by atoms with Crippen molar-refractivity contribution in [3.63, 3.8) is 0 Å². The minimum Gasteiger partial charge on any atom is -0.309 e. The Morgan fingerprint density at radius 2 is 0.463 bits per heavy atom. The van der Waals surface area contributed by atoms with E-state index in [4.69, 9.17) is 0 Å². The molecule has 0 saturated heterocycles. The van der Waals surface area contributed by atoms with E-state index in [-0.39, 0.29) is 0 Å². The Morgan fingerprint density at radius 3 is 0.838 bits per heavy atom. The van der Waals surface area contributed by atoms with Gasteiger partial charge < -0.3 is 4.57 Å². The number of hydrogen-bond donors (Lipinski definition) is 0. The average Bonchev–Trinajstić information content (AvgIpc) is 4.08. The molecule has 14 aromatic rings. The number of benzene rings is 13. The van der Waals surface area contributed by atoms with Crippen LogP contribution in [0.5, 0.6) is 0 Å². The van der Waals surface area contributed by atoms with Crippen molar-refractivity contribution in [3.8, 4) is 94.7 Å². The summed E-state index contributed by atoms with van der Waals surface area (Å²) in [5.74, 6) is 0. The molecule has 0 atom stereocenters. The third-order valence-corrected chi connectivity index (χ3v) is 21.6. The zero-order valence-electron chi connectivity index (χ0n) is 44.0. The summed E-state index contributed by atoms with van der Waals surface area (Å²) in [4.78, 5) is 0. The molecule has 374 valence electrons. The standard InChI is InChI=1S/C78H53NSi/c1-6-16-54(17-7-1)57-26-30-59(31-27-57)61-34-38-63(39-35-61)65-43-48-75-73(50-65)74-51-66(64-40-36-62(37-41-64)60-32-28-58(29-33-60)55-18-8-2-9-19-55)44-49-76(74)79(75)68-45-47-72-71-46-42-67(56-20-10-3-11-21-56)52-77(71)80(78(72)53-68,69-22-12-4-13-23-69)70-24-14-5-15-25-70/h1-53H. The molecule has 0 spiro atoms. The molecular formula is C78H53NSi. The molecule has 0 N–H and O–H groups in total. The maximum absolute atomic E-state index is 2.88. The van der Waals surface area contributed by atoms with Gasteiger partial charge in [0.1, 0.15) is 0 Å². The SMILES string of the molecule is c1ccc(-c2ccc(-c3ccc(-c4ccc5c(c4)c4cc(-c6ccc(-c7ccc(-c8ccccc8)cc7)cc6)ccc4n5-c4ccc5c(c4)[Si](c4ccccc4)(c4ccccc4)c4cc(-c6ccccc6)ccc4-5)cc3)cc2)cc1. The average molecular weight is 1030 g/mol. The molecule has 1 nitrogen and oxygen atoms in total. The quantitative estimate of drug-likeness (QED) is 0.120. The van der Waals surface area contributed by atoms with Crippen LogP contribution < -0.4 is 20.7 Å². The van der Waals surface area contributed by atoms with E-state index < -0.39 is 8.07 Å². The van der Waals surface area contributed by atoms with Gasteiger partial charge >= 0.3 is 0 Å². The summed E-state index contributed by atoms with van der Waals surface area (Å²) in [5, 5.41) is 8.07. The van der Waals surface area contributed by atoms with Crippen LogP contribution in [0.25, 0.3) is 117 Å². The molecule has 1 aliphatic heterocycles. The summed E-state index contributed by atoms with van der Waals surface area (Å²) in [6.45, 7) is 0. The summed E-state index contributed by atoms with van der Waals surface area (Å²) in [6, 6.07) is 120. The van der Waals surface area contributed by atoms with Gasteiger partial charge in [-0.1, -0.05) is 285 Å². The van der Waals surface area contributed by atoms with E-state index in [0.29, 0.717) is 0 Å². The van der Waals surface area contributed by atoms with Gasteiger partial charge in [-0.05, 0) is 146 Å². The Bertz CT molecular complexity index is 4330. The first-order valence-electron chi connectivity index (χ1n) is 27.7. The van der Waals surface area contributed by atoms with Gasteiger partial charge in [0.15, 0.2) is 8.07 Å². The van der Waals surface area contributed by atoms with Crippen LogP contribution in [0.3, 0.4) is 0 Å². The molecular weight excluding hydrogens is 979 g/mol. The Labute approximate surface area is 468 Å². The van der Waals surface area contributed by atoms with E-state index in [1.807, 2.05) is 0 Å². The molecule has 15 rings (SSSR count). The lowest BCUT2D eigenvalue weighted by Crippen LogP contribution is -2.72. The molecule has 1 aromatic heterocycles. The van der Waals surface area contributed by atoms with Crippen molar-refractivity contribution in [1.29, 1.82) is 0 Å². The molecule has 0 radical (unpaired) electrons. The van der Waals surface area contributed by atoms with Crippen LogP contribution in [-0.2, 0) is 0 Å². The van der Waals surface area contributed by atoms with Gasteiger partial charge in [0, 0.05) is 16.5 Å². The second kappa shape index (κ2) is 19.7. The Hall–Kier alpha value is -10.1. The highest BCUT2D eigenvalue weighted by Gasteiger charge is 2.49. The van der Waals surface area contributed by atoms with Gasteiger partial charge in [-0.25, -0.2) is 0 Å². The predicted octanol–water partition coefficient (Wildman–Crippen LogP) is 17.8. The maximum Gasteiger partial charge on any atom is 0.180 e. The molecule has 0 saturated carbocycles. The molecule has 0 bridgehead atoms. The van der Waals surface area contributed by atoms with Crippen LogP contribution in [0, 0.1) is 0 Å². The van der Waals surface area contributed by atoms with Crippen molar-refractivity contribution in [3.05, 3.63) is 322 Å². The van der Waals surface area contributed by atoms with Crippen LogP contribution in [0.1, 0.15) is 0 Å². The first kappa shape index (κ1) is 47.1. The van der Waals surface area contributed by atoms with Crippen molar-refractivity contribution in [2.45, 2.75) is 0 Å². The first-order chi connectivity index (χ1) is 39.6. The monoisotopic (exact) mass is 1030 g/mol. The number of fused-ring (bicyclic) bond motifs is 6. The van der Waals surface area contributed by atoms with Gasteiger partial charge in [0.05, 0.1) is 11.0 Å². The number of nitrogens with zero attached hydrogens (tertiary/aromatic N) is 1. The second-order valence-electron chi connectivity index (χ2n) is 21.2. The van der Waals surface area contributed by atoms with Crippen molar-refractivity contribution >= 4 is 50.6 Å². The number of rotatable bonds is 10. The zero-order valence-corrected chi connectivity index (χ0v) is 45.0. The van der Waals surface area contributed by atoms with Gasteiger partial charge in [0.2, 0.25) is 0 Å². The van der Waals surface area contributed by atoms with E-state index in [9.17, 15) is 0 Å². The van der Waals surface area contributed by atoms with E-state index >= 15 is 0 Å². The second-order valence-corrected chi connectivity index (χ2v) is 24.9. The van der Waals surface area contributed by atoms with E-state index in [0.717, 1.165) is 5.69 Å². The van der Waals surface area contributed by atoms with Crippen LogP contribution in [-0.4, -0.2) is 12.6 Å².